The fourth-order valence-electron chi connectivity index (χ4n) is 9.73. The summed E-state index contributed by atoms with van der Waals surface area (Å²) in [5.74, 6) is -3.34. The Hall–Kier alpha value is -14.2. The molecule has 0 radical (unpaired) electrons. The van der Waals surface area contributed by atoms with Crippen molar-refractivity contribution in [2.75, 3.05) is 58.9 Å². The molecule has 6 amide bonds. The van der Waals surface area contributed by atoms with E-state index in [0.29, 0.717) is 17.1 Å². The average molecular weight is 1570 g/mol. The van der Waals surface area contributed by atoms with Gasteiger partial charge in [-0.2, -0.15) is 5.26 Å². The number of carbonyl (C=O) groups is 10. The van der Waals surface area contributed by atoms with Gasteiger partial charge in [0, 0.05) is 176 Å². The number of anilines is 7. The maximum absolute atomic E-state index is 12.8. The van der Waals surface area contributed by atoms with Gasteiger partial charge < -0.3 is 103 Å². The van der Waals surface area contributed by atoms with Crippen LogP contribution in [0.25, 0.3) is 0 Å². The van der Waals surface area contributed by atoms with Gasteiger partial charge in [-0.25, -0.2) is 54.3 Å². The van der Waals surface area contributed by atoms with Crippen molar-refractivity contribution in [3.05, 3.63) is 197 Å². The monoisotopic (exact) mass is 1570 g/mol. The topological polar surface area (TPSA) is 487 Å². The lowest BCUT2D eigenvalue weighted by Gasteiger charge is -2.19. The lowest BCUT2D eigenvalue weighted by molar-refractivity contribution is 0.0581. The minimum atomic E-state index is -1.16. The second-order valence-electron chi connectivity index (χ2n) is 24.0. The number of nitrogens with two attached hydrogens (primary N) is 1. The molecule has 0 fully saturated rings. The molecule has 0 saturated heterocycles. The van der Waals surface area contributed by atoms with Crippen LogP contribution in [-0.4, -0.2) is 175 Å². The molecule has 0 unspecified atom stereocenters. The van der Waals surface area contributed by atoms with E-state index in [-0.39, 0.29) is 85.7 Å². The van der Waals surface area contributed by atoms with Crippen LogP contribution in [0.1, 0.15) is 142 Å². The molecule has 10 aromatic heterocycles. The van der Waals surface area contributed by atoms with Crippen LogP contribution in [0.2, 0.25) is 0 Å². The number of rotatable bonds is 19. The smallest absolute Gasteiger partial charge is 0.372 e. The predicted octanol–water partition coefficient (Wildman–Crippen LogP) is 7.22. The first-order valence-corrected chi connectivity index (χ1v) is 33.2. The molecule has 0 aliphatic carbocycles. The number of carbonyl (C=O) groups excluding carboxylic acids is 9. The number of nitrogens with zero attached hydrogens (tertiary/aromatic N) is 20. The molecule has 0 aliphatic rings. The number of aromatic carboxylic acids is 1. The van der Waals surface area contributed by atoms with Crippen molar-refractivity contribution in [1.82, 2.24) is 90.4 Å². The van der Waals surface area contributed by atoms with Crippen molar-refractivity contribution in [3.8, 4) is 6.07 Å². The van der Waals surface area contributed by atoms with Gasteiger partial charge in [-0.3, -0.25) is 33.6 Å². The highest BCUT2D eigenvalue weighted by molar-refractivity contribution is 6.67. The number of methoxy groups -OCH3 is 2. The highest BCUT2D eigenvalue weighted by atomic mass is 35.5. The number of benzene rings is 1. The fourth-order valence-corrected chi connectivity index (χ4v) is 9.96. The average Bonchev–Trinajstić information content (AvgIpc) is 1.82. The summed E-state index contributed by atoms with van der Waals surface area (Å²) in [6.45, 7) is 8.42. The number of aromatic nitrogens is 18. The van der Waals surface area contributed by atoms with Crippen LogP contribution >= 0.6 is 23.2 Å². The number of hydrogen-bond donors (Lipinski definition) is 8. The quantitative estimate of drug-likeness (QED) is 0.0225. The van der Waals surface area contributed by atoms with Gasteiger partial charge in [0.2, 0.25) is 23.3 Å². The maximum Gasteiger partial charge on any atom is 0.372 e. The van der Waals surface area contributed by atoms with Crippen LogP contribution in [0.3, 0.4) is 0 Å². The Morgan fingerprint density at radius 3 is 1.10 bits per heavy atom. The number of nitriles is 1. The van der Waals surface area contributed by atoms with Gasteiger partial charge in [0.15, 0.2) is 46.6 Å². The zero-order chi connectivity index (χ0) is 82.4. The van der Waals surface area contributed by atoms with E-state index < -0.39 is 58.6 Å². The van der Waals surface area contributed by atoms with Crippen molar-refractivity contribution in [3.63, 3.8) is 0 Å². The number of aryl methyl sites for hydroxylation is 11. The number of carboxylic acid groups (broad SMARTS) is 1. The number of nitrogen functional groups attached to an aromatic ring is 1. The Labute approximate surface area is 648 Å². The number of nitrogens with one attached hydrogen (secondary N) is 6. The zero-order valence-electron chi connectivity index (χ0n) is 63.3. The summed E-state index contributed by atoms with van der Waals surface area (Å²) in [4.78, 5) is 152. The van der Waals surface area contributed by atoms with Gasteiger partial charge >= 0.3 is 17.9 Å². The predicted molar refractivity (Wildman–Crippen MR) is 413 cm³/mol. The van der Waals surface area contributed by atoms with Crippen LogP contribution in [0.4, 0.5) is 40.5 Å². The van der Waals surface area contributed by atoms with Crippen LogP contribution in [0.5, 0.6) is 0 Å². The number of halogens is 2. The van der Waals surface area contributed by atoms with E-state index in [9.17, 15) is 47.9 Å². The van der Waals surface area contributed by atoms with E-state index in [0.717, 1.165) is 17.3 Å². The number of hydrogen-bond acceptors (Lipinski definition) is 23. The Morgan fingerprint density at radius 1 is 0.486 bits per heavy atom. The lowest BCUT2D eigenvalue weighted by Crippen LogP contribution is -2.18. The first-order valence-electron chi connectivity index (χ1n) is 32.4. The van der Waals surface area contributed by atoms with Crippen molar-refractivity contribution in [1.29, 1.82) is 5.26 Å². The fraction of sp³-hybridized carbons (Fsp3) is 0.261. The lowest BCUT2D eigenvalue weighted by atomic mass is 10.1. The van der Waals surface area contributed by atoms with Crippen molar-refractivity contribution >= 4 is 122 Å². The molecule has 0 saturated carbocycles. The molecule has 0 spiro atoms. The van der Waals surface area contributed by atoms with Crippen LogP contribution in [-0.2, 0) is 86.5 Å². The molecule has 0 atom stereocenters. The number of amides is 6. The molecule has 111 heavy (non-hydrogen) atoms. The highest BCUT2D eigenvalue weighted by Crippen LogP contribution is 2.21. The highest BCUT2D eigenvalue weighted by Gasteiger charge is 2.24. The van der Waals surface area contributed by atoms with Crippen molar-refractivity contribution in [2.45, 2.75) is 34.2 Å². The second-order valence-corrected chi connectivity index (χ2v) is 24.7. The van der Waals surface area contributed by atoms with Crippen molar-refractivity contribution in [2.24, 2.45) is 70.5 Å². The summed E-state index contributed by atoms with van der Waals surface area (Å²) in [5.41, 5.74) is 10.7. The molecule has 590 valence electrons. The Kier molecular flexibility index (Phi) is 30.0. The molecule has 11 aromatic rings. The summed E-state index contributed by atoms with van der Waals surface area (Å²) >= 11 is 11.5. The molecular formula is C69H87Cl2N27O13. The van der Waals surface area contributed by atoms with Crippen LogP contribution < -0.4 is 37.6 Å². The maximum atomic E-state index is 12.8. The molecule has 1 aromatic carbocycles. The Bertz CT molecular complexity index is 5200. The molecule has 11 rings (SSSR count). The van der Waals surface area contributed by atoms with Crippen LogP contribution in [0.15, 0.2) is 128 Å². The van der Waals surface area contributed by atoms with E-state index >= 15 is 0 Å². The largest absolute Gasteiger partial charge is 0.475 e. The van der Waals surface area contributed by atoms with Crippen LogP contribution in [0, 0.1) is 18.3 Å². The number of ether oxygens (including phenoxy) is 2. The first kappa shape index (κ1) is 85.7. The summed E-state index contributed by atoms with van der Waals surface area (Å²) in [7, 11) is 21.0. The Balaban J connectivity index is 0.000000379. The zero-order valence-corrected chi connectivity index (χ0v) is 64.8. The van der Waals surface area contributed by atoms with Gasteiger partial charge in [0.05, 0.1) is 31.7 Å². The number of carboxylic acids is 1. The molecule has 0 bridgehead atoms. The summed E-state index contributed by atoms with van der Waals surface area (Å²) in [6.07, 6.45) is 20.0. The molecule has 9 N–H and O–H groups in total. The van der Waals surface area contributed by atoms with Gasteiger partial charge in [0.25, 0.3) is 40.7 Å². The summed E-state index contributed by atoms with van der Waals surface area (Å²) in [5, 5.41) is 31.8. The molecule has 40 nitrogen and oxygen atoms in total. The summed E-state index contributed by atoms with van der Waals surface area (Å²) in [6, 6.07) is 13.3. The van der Waals surface area contributed by atoms with E-state index in [1.165, 1.54) is 122 Å². The number of allylic oxidation sites excluding steroid dienone is 1. The van der Waals surface area contributed by atoms with E-state index in [1.807, 2.05) is 20.9 Å². The third kappa shape index (κ3) is 23.4. The molecule has 42 heteroatoms. The number of esters is 2. The first-order chi connectivity index (χ1) is 52.4. The molecule has 0 aliphatic heterocycles. The third-order valence-electron chi connectivity index (χ3n) is 15.0. The van der Waals surface area contributed by atoms with E-state index in [1.54, 1.807) is 125 Å². The van der Waals surface area contributed by atoms with Gasteiger partial charge in [-0.1, -0.05) is 41.4 Å². The normalized spacial score (nSPS) is 10.2. The molecule has 10 heterocycles. The standard InChI is InChI=1S/C22H24N10O5.C13H18ClN.C12H15N5O3.C10H10ClN5O2.C10H11N5O3.C2H3N.3H2/c1-29-7-6-23-16(29)19(33)27-14-10-32(4)18(26-14)21(35)28-15-11-31(3)17(25-15)20(34)24-12-8-13(22(36)37-5)30(2)9-12;1-10(2)13(14)15(4)9-12-7-5-11(3)6-8-12;1-16-5-7(4-8(16)12(19)20-3)14-11(18)10-15-9(13)6-17(10)2;1-15-4-3-12-9(15)10(18)14-6-5-16(2)8(13-6)7(11)17;1-14-4-3-11-7(14)9(16)13-6-5-15(2)8(12-6)10(17)18;1-2-3;;;/h6-11H,1-5H3,(H,24,34)(H,27,33)(H,28,35);5-8H,9H2,1-4H3;4-6H,13H2,1-3H3,(H,14,18);3-5H,1-2H3,(H,14,18);3-5H,1-2H3,(H,13,16)(H,17,18);1H3;3*1H. The molecular weight excluding hydrogens is 1490 g/mol. The summed E-state index contributed by atoms with van der Waals surface area (Å²) < 4.78 is 24.3. The second kappa shape index (κ2) is 38.9. The minimum Gasteiger partial charge on any atom is -0.475 e. The van der Waals surface area contributed by atoms with Crippen molar-refractivity contribution < 1.29 is 66.8 Å². The van der Waals surface area contributed by atoms with Gasteiger partial charge in [0.1, 0.15) is 22.4 Å². The minimum absolute atomic E-state index is 0. The number of imidazole rings is 8. The van der Waals surface area contributed by atoms with E-state index in [2.05, 4.69) is 113 Å². The van der Waals surface area contributed by atoms with E-state index in [4.69, 9.17) is 44.0 Å². The Morgan fingerprint density at radius 2 is 0.802 bits per heavy atom. The van der Waals surface area contributed by atoms with Gasteiger partial charge in [-0.15, -0.1) is 0 Å². The van der Waals surface area contributed by atoms with Gasteiger partial charge in [-0.05, 0) is 55.6 Å². The SMILES string of the molecule is CC#N.CC(C)=C(Cl)N(C)Cc1ccc(C)cc1.COC(=O)c1cc(NC(=O)c2nc(N)cn2C)cn1C.COC(=O)c1cc(NC(=O)c2nc(NC(=O)c3nc(NC(=O)c4nccn4C)cn3C)cn2C)cn1C.Cn1cc(NC(=O)c2nccn2C)nc1C(=O)Cl.Cn1cc(NC(=O)c2nccn2C)nc1C(=O)O.[HH].[HH].[HH]. The third-order valence-corrected chi connectivity index (χ3v) is 15.9.